The molecule has 0 aliphatic rings. The number of unbranched alkanes of at least 4 members (excludes halogenated alkanes) is 12. The van der Waals surface area contributed by atoms with Gasteiger partial charge in [-0.25, -0.2) is 0 Å². The van der Waals surface area contributed by atoms with Crippen LogP contribution in [0, 0.1) is 0 Å². The maximum atomic E-state index is 12.5. The van der Waals surface area contributed by atoms with E-state index in [4.69, 9.17) is 4.74 Å². The van der Waals surface area contributed by atoms with Crippen LogP contribution in [0.15, 0.2) is 48.6 Å². The summed E-state index contributed by atoms with van der Waals surface area (Å²) in [6.07, 6.45) is 39.1. The molecule has 264 valence electrons. The molecule has 7 heteroatoms. The molecule has 0 atom stereocenters. The van der Waals surface area contributed by atoms with Gasteiger partial charge in [-0.2, -0.15) is 0 Å². The molecular weight excluding hydrogens is 578 g/mol. The number of ether oxygens (including phenoxy) is 3. The van der Waals surface area contributed by atoms with Gasteiger partial charge in [-0.15, -0.1) is 0 Å². The highest BCUT2D eigenvalue weighted by molar-refractivity contribution is 5.71. The van der Waals surface area contributed by atoms with Gasteiger partial charge in [0.05, 0.1) is 27.1 Å². The zero-order valence-corrected chi connectivity index (χ0v) is 29.9. The molecule has 0 spiro atoms. The van der Waals surface area contributed by atoms with Gasteiger partial charge in [-0.1, -0.05) is 100.0 Å². The molecule has 0 rings (SSSR count). The summed E-state index contributed by atoms with van der Waals surface area (Å²) in [5.41, 5.74) is 0. The monoisotopic (exact) mass is 645 g/mol. The first-order chi connectivity index (χ1) is 22.4. The lowest BCUT2D eigenvalue weighted by Gasteiger charge is -2.18. The third-order valence-electron chi connectivity index (χ3n) is 7.81. The van der Waals surface area contributed by atoms with Crippen molar-refractivity contribution in [2.45, 2.75) is 147 Å². The summed E-state index contributed by atoms with van der Waals surface area (Å²) in [5, 5.41) is 0. The standard InChI is InChI=1S/C39H67NO6/c1-40(2)35-29-34-39(43)46-36(30-25-21-17-13-9-5-7-11-15-19-23-27-32-37(41)44-3)31-26-22-18-14-10-6-8-12-16-20-24-28-33-38(42)45-4/h11-12,15-16,23-24,27-28,36H,5-10,13-14,17-22,25-26,29-35H2,1-4H3/b15-11-,16-12-,27-23-,28-24-. The van der Waals surface area contributed by atoms with Crippen molar-refractivity contribution < 1.29 is 28.6 Å². The van der Waals surface area contributed by atoms with E-state index < -0.39 is 0 Å². The molecule has 0 aromatic rings. The molecule has 0 saturated carbocycles. The smallest absolute Gasteiger partial charge is 0.309 e. The fourth-order valence-corrected chi connectivity index (χ4v) is 5.03. The van der Waals surface area contributed by atoms with E-state index >= 15 is 0 Å². The number of carbonyl (C=O) groups is 3. The van der Waals surface area contributed by atoms with Crippen molar-refractivity contribution in [2.24, 2.45) is 0 Å². The maximum Gasteiger partial charge on any atom is 0.309 e. The van der Waals surface area contributed by atoms with Crippen molar-refractivity contribution in [3.63, 3.8) is 0 Å². The van der Waals surface area contributed by atoms with E-state index in [0.29, 0.717) is 19.3 Å². The second-order valence-electron chi connectivity index (χ2n) is 12.3. The van der Waals surface area contributed by atoms with Crippen LogP contribution in [-0.2, 0) is 28.6 Å². The summed E-state index contributed by atoms with van der Waals surface area (Å²) < 4.78 is 15.2. The third-order valence-corrected chi connectivity index (χ3v) is 7.81. The summed E-state index contributed by atoms with van der Waals surface area (Å²) in [4.78, 5) is 36.7. The fraction of sp³-hybridized carbons (Fsp3) is 0.718. The Balaban J connectivity index is 4.07. The van der Waals surface area contributed by atoms with E-state index in [1.807, 2.05) is 38.4 Å². The van der Waals surface area contributed by atoms with Gasteiger partial charge >= 0.3 is 17.9 Å². The number of nitrogens with zero attached hydrogens (tertiary/aromatic N) is 1. The Morgan fingerprint density at radius 2 is 0.935 bits per heavy atom. The quantitative estimate of drug-likeness (QED) is 0.0321. The van der Waals surface area contributed by atoms with E-state index in [0.717, 1.165) is 64.3 Å². The van der Waals surface area contributed by atoms with Gasteiger partial charge in [0.25, 0.3) is 0 Å². The van der Waals surface area contributed by atoms with Crippen LogP contribution in [0.1, 0.15) is 141 Å². The Morgan fingerprint density at radius 1 is 0.522 bits per heavy atom. The van der Waals surface area contributed by atoms with E-state index in [9.17, 15) is 14.4 Å². The van der Waals surface area contributed by atoms with Crippen LogP contribution in [0.25, 0.3) is 0 Å². The first kappa shape index (κ1) is 43.3. The number of carbonyl (C=O) groups excluding carboxylic acids is 3. The van der Waals surface area contributed by atoms with Crippen LogP contribution in [-0.4, -0.2) is 63.8 Å². The first-order valence-corrected chi connectivity index (χ1v) is 18.0. The predicted octanol–water partition coefficient (Wildman–Crippen LogP) is 9.61. The molecule has 0 unspecified atom stereocenters. The summed E-state index contributed by atoms with van der Waals surface area (Å²) in [6.45, 7) is 0.910. The van der Waals surface area contributed by atoms with Gasteiger partial charge in [-0.05, 0) is 91.3 Å². The van der Waals surface area contributed by atoms with Gasteiger partial charge in [0.15, 0.2) is 0 Å². The number of hydrogen-bond acceptors (Lipinski definition) is 7. The van der Waals surface area contributed by atoms with Gasteiger partial charge < -0.3 is 19.1 Å². The molecule has 0 heterocycles. The highest BCUT2D eigenvalue weighted by Crippen LogP contribution is 2.18. The Labute approximate surface area is 281 Å². The van der Waals surface area contributed by atoms with Gasteiger partial charge in [0, 0.05) is 6.42 Å². The maximum absolute atomic E-state index is 12.5. The van der Waals surface area contributed by atoms with E-state index in [2.05, 4.69) is 38.7 Å². The SMILES string of the molecule is COC(=O)C/C=C\C/C=C\CCCCCCCCC(CCCCCCCC/C=C\C/C=C\CC(=O)OC)OC(=O)CCCN(C)C. The van der Waals surface area contributed by atoms with Crippen molar-refractivity contribution in [3.05, 3.63) is 48.6 Å². The van der Waals surface area contributed by atoms with Gasteiger partial charge in [0.2, 0.25) is 0 Å². The molecule has 0 aromatic heterocycles. The Morgan fingerprint density at radius 3 is 1.37 bits per heavy atom. The molecule has 0 bridgehead atoms. The summed E-state index contributed by atoms with van der Waals surface area (Å²) in [5.74, 6) is -0.441. The van der Waals surface area contributed by atoms with Gasteiger partial charge in [0.1, 0.15) is 6.10 Å². The number of rotatable bonds is 31. The van der Waals surface area contributed by atoms with E-state index in [1.54, 1.807) is 0 Å². The predicted molar refractivity (Wildman–Crippen MR) is 191 cm³/mol. The summed E-state index contributed by atoms with van der Waals surface area (Å²) >= 11 is 0. The molecule has 0 aliphatic heterocycles. The molecule has 0 aliphatic carbocycles. The average Bonchev–Trinajstić information content (AvgIpc) is 3.04. The van der Waals surface area contributed by atoms with Crippen LogP contribution in [0.4, 0.5) is 0 Å². The number of esters is 3. The fourth-order valence-electron chi connectivity index (χ4n) is 5.03. The van der Waals surface area contributed by atoms with Crippen LogP contribution < -0.4 is 0 Å². The first-order valence-electron chi connectivity index (χ1n) is 18.0. The Hall–Kier alpha value is -2.67. The molecule has 46 heavy (non-hydrogen) atoms. The summed E-state index contributed by atoms with van der Waals surface area (Å²) in [7, 11) is 6.89. The minimum Gasteiger partial charge on any atom is -0.469 e. The molecule has 0 fully saturated rings. The number of hydrogen-bond donors (Lipinski definition) is 0. The molecule has 0 amide bonds. The van der Waals surface area contributed by atoms with Crippen molar-refractivity contribution in [2.75, 3.05) is 34.9 Å². The molecule has 0 radical (unpaired) electrons. The van der Waals surface area contributed by atoms with Crippen LogP contribution in [0.3, 0.4) is 0 Å². The third kappa shape index (κ3) is 32.7. The van der Waals surface area contributed by atoms with E-state index in [1.165, 1.54) is 78.4 Å². The molecule has 0 N–H and O–H groups in total. The zero-order valence-electron chi connectivity index (χ0n) is 29.9. The molecular formula is C39H67NO6. The normalized spacial score (nSPS) is 12.0. The Kier molecular flexibility index (Phi) is 31.7. The average molecular weight is 646 g/mol. The Bertz CT molecular complexity index is 805. The topological polar surface area (TPSA) is 82.1 Å². The second kappa shape index (κ2) is 33.7. The number of allylic oxidation sites excluding steroid dienone is 6. The minimum atomic E-state index is -0.202. The minimum absolute atomic E-state index is 0.0362. The molecule has 7 nitrogen and oxygen atoms in total. The van der Waals surface area contributed by atoms with Crippen molar-refractivity contribution in [1.29, 1.82) is 0 Å². The number of methoxy groups -OCH3 is 2. The van der Waals surface area contributed by atoms with Crippen molar-refractivity contribution in [1.82, 2.24) is 4.90 Å². The van der Waals surface area contributed by atoms with Crippen molar-refractivity contribution in [3.8, 4) is 0 Å². The van der Waals surface area contributed by atoms with E-state index in [-0.39, 0.29) is 24.0 Å². The zero-order chi connectivity index (χ0) is 33.9. The molecule has 0 saturated heterocycles. The largest absolute Gasteiger partial charge is 0.469 e. The lowest BCUT2D eigenvalue weighted by Crippen LogP contribution is -2.20. The summed E-state index contributed by atoms with van der Waals surface area (Å²) in [6, 6.07) is 0. The second-order valence-corrected chi connectivity index (χ2v) is 12.3. The lowest BCUT2D eigenvalue weighted by molar-refractivity contribution is -0.150. The lowest BCUT2D eigenvalue weighted by atomic mass is 10.0. The van der Waals surface area contributed by atoms with Crippen LogP contribution in [0.2, 0.25) is 0 Å². The molecule has 0 aromatic carbocycles. The van der Waals surface area contributed by atoms with Crippen LogP contribution in [0.5, 0.6) is 0 Å². The van der Waals surface area contributed by atoms with Crippen molar-refractivity contribution >= 4 is 17.9 Å². The van der Waals surface area contributed by atoms with Gasteiger partial charge in [-0.3, -0.25) is 14.4 Å². The highest BCUT2D eigenvalue weighted by Gasteiger charge is 2.14. The van der Waals surface area contributed by atoms with Crippen LogP contribution >= 0.6 is 0 Å². The highest BCUT2D eigenvalue weighted by atomic mass is 16.5.